The van der Waals surface area contributed by atoms with Gasteiger partial charge in [-0.1, -0.05) is 23.5 Å². The van der Waals surface area contributed by atoms with Crippen molar-refractivity contribution in [2.75, 3.05) is 17.7 Å². The zero-order valence-corrected chi connectivity index (χ0v) is 18.6. The Morgan fingerprint density at radius 3 is 2.69 bits per heavy atom. The summed E-state index contributed by atoms with van der Waals surface area (Å²) in [6.45, 7) is 0. The van der Waals surface area contributed by atoms with E-state index in [4.69, 9.17) is 14.7 Å². The van der Waals surface area contributed by atoms with Crippen molar-refractivity contribution in [2.45, 2.75) is 37.8 Å². The van der Waals surface area contributed by atoms with Crippen LogP contribution in [0, 0.1) is 0 Å². The molecule has 0 radical (unpaired) electrons. The lowest BCUT2D eigenvalue weighted by Crippen LogP contribution is -2.28. The molecule has 0 amide bonds. The molecule has 3 N–H and O–H groups in total. The van der Waals surface area contributed by atoms with Gasteiger partial charge in [0.25, 0.3) is 0 Å². The van der Waals surface area contributed by atoms with Gasteiger partial charge in [0, 0.05) is 17.8 Å². The molecule has 0 spiro atoms. The summed E-state index contributed by atoms with van der Waals surface area (Å²) >= 11 is 1.58. The van der Waals surface area contributed by atoms with Gasteiger partial charge in [0.15, 0.2) is 5.13 Å². The van der Waals surface area contributed by atoms with Gasteiger partial charge in [0.05, 0.1) is 23.4 Å². The Balaban J connectivity index is 1.33. The van der Waals surface area contributed by atoms with E-state index < -0.39 is 0 Å². The molecule has 164 valence electrons. The van der Waals surface area contributed by atoms with Crippen LogP contribution < -0.4 is 15.4 Å². The molecule has 1 aliphatic rings. The van der Waals surface area contributed by atoms with Crippen LogP contribution in [0.25, 0.3) is 21.3 Å². The van der Waals surface area contributed by atoms with Crippen LogP contribution >= 0.6 is 11.3 Å². The third-order valence-electron chi connectivity index (χ3n) is 5.70. The summed E-state index contributed by atoms with van der Waals surface area (Å²) in [5.41, 5.74) is 2.93. The maximum absolute atomic E-state index is 9.70. The molecule has 0 bridgehead atoms. The van der Waals surface area contributed by atoms with Crippen LogP contribution in [0.4, 0.5) is 16.8 Å². The van der Waals surface area contributed by atoms with Gasteiger partial charge in [0.1, 0.15) is 11.6 Å². The number of hydrogen-bond acceptors (Lipinski definition) is 8. The van der Waals surface area contributed by atoms with Gasteiger partial charge in [0.2, 0.25) is 5.88 Å². The number of anilines is 3. The van der Waals surface area contributed by atoms with E-state index in [-0.39, 0.29) is 6.10 Å². The number of nitrogens with zero attached hydrogens (tertiary/aromatic N) is 3. The molecular weight excluding hydrogens is 422 g/mol. The molecule has 1 fully saturated rings. The first kappa shape index (κ1) is 20.7. The Labute approximate surface area is 190 Å². The van der Waals surface area contributed by atoms with E-state index in [0.717, 1.165) is 63.8 Å². The summed E-state index contributed by atoms with van der Waals surface area (Å²) in [6.07, 6.45) is 5.17. The number of benzene rings is 1. The number of fused-ring (bicyclic) bond motifs is 1. The maximum atomic E-state index is 9.70. The predicted octanol–water partition coefficient (Wildman–Crippen LogP) is 5.22. The van der Waals surface area contributed by atoms with E-state index in [1.165, 1.54) is 0 Å². The van der Waals surface area contributed by atoms with Crippen LogP contribution in [-0.2, 0) is 0 Å². The molecule has 0 atom stereocenters. The second-order valence-corrected chi connectivity index (χ2v) is 8.98. The SMILES string of the molecule is COc1ncccc1-c1ccc2nc(Nc3cccc(NC4CCC(O)CC4)n3)sc2c1. The largest absolute Gasteiger partial charge is 0.481 e. The third kappa shape index (κ3) is 4.51. The van der Waals surface area contributed by atoms with E-state index in [9.17, 15) is 5.11 Å². The fourth-order valence-corrected chi connectivity index (χ4v) is 4.95. The average molecular weight is 448 g/mol. The number of hydrogen-bond donors (Lipinski definition) is 3. The highest BCUT2D eigenvalue weighted by molar-refractivity contribution is 7.22. The maximum Gasteiger partial charge on any atom is 0.221 e. The summed E-state index contributed by atoms with van der Waals surface area (Å²) in [6, 6.07) is 16.3. The molecule has 5 rings (SSSR count). The molecule has 1 aromatic carbocycles. The Morgan fingerprint density at radius 2 is 1.84 bits per heavy atom. The van der Waals surface area contributed by atoms with E-state index >= 15 is 0 Å². The minimum Gasteiger partial charge on any atom is -0.481 e. The van der Waals surface area contributed by atoms with Gasteiger partial charge in [-0.25, -0.2) is 15.0 Å². The number of nitrogens with one attached hydrogen (secondary N) is 2. The quantitative estimate of drug-likeness (QED) is 0.373. The Morgan fingerprint density at radius 1 is 1.00 bits per heavy atom. The molecule has 4 aromatic rings. The predicted molar refractivity (Wildman–Crippen MR) is 129 cm³/mol. The lowest BCUT2D eigenvalue weighted by atomic mass is 9.93. The molecule has 1 saturated carbocycles. The number of ether oxygens (including phenoxy) is 1. The van der Waals surface area contributed by atoms with Gasteiger partial charge >= 0.3 is 0 Å². The van der Waals surface area contributed by atoms with Gasteiger partial charge < -0.3 is 20.5 Å². The van der Waals surface area contributed by atoms with Gasteiger partial charge in [-0.2, -0.15) is 0 Å². The molecule has 0 unspecified atom stereocenters. The molecule has 0 aliphatic heterocycles. The number of thiazole rings is 1. The van der Waals surface area contributed by atoms with Crippen molar-refractivity contribution in [1.82, 2.24) is 15.0 Å². The smallest absolute Gasteiger partial charge is 0.221 e. The summed E-state index contributed by atoms with van der Waals surface area (Å²) in [5, 5.41) is 17.3. The van der Waals surface area contributed by atoms with Crippen molar-refractivity contribution in [1.29, 1.82) is 0 Å². The van der Waals surface area contributed by atoms with Crippen LogP contribution in [0.5, 0.6) is 5.88 Å². The number of aliphatic hydroxyl groups excluding tert-OH is 1. The highest BCUT2D eigenvalue weighted by Crippen LogP contribution is 2.34. The van der Waals surface area contributed by atoms with Crippen LogP contribution in [0.3, 0.4) is 0 Å². The summed E-state index contributed by atoms with van der Waals surface area (Å²) in [5.74, 6) is 2.19. The molecule has 3 heterocycles. The number of methoxy groups -OCH3 is 1. The number of aliphatic hydroxyl groups is 1. The highest BCUT2D eigenvalue weighted by Gasteiger charge is 2.19. The topological polar surface area (TPSA) is 92.2 Å². The first-order valence-corrected chi connectivity index (χ1v) is 11.6. The van der Waals surface area contributed by atoms with Crippen molar-refractivity contribution in [3.8, 4) is 17.0 Å². The van der Waals surface area contributed by atoms with E-state index in [1.54, 1.807) is 24.6 Å². The highest BCUT2D eigenvalue weighted by atomic mass is 32.1. The summed E-state index contributed by atoms with van der Waals surface area (Å²) in [4.78, 5) is 13.7. The normalized spacial score (nSPS) is 18.4. The second kappa shape index (κ2) is 9.10. The Hall–Kier alpha value is -3.23. The number of pyridine rings is 2. The summed E-state index contributed by atoms with van der Waals surface area (Å²) in [7, 11) is 1.63. The standard InChI is InChI=1S/C24H25N5O2S/c1-31-23-18(4-3-13-25-23)15-7-12-19-20(14-15)32-24(27-19)29-22-6-2-5-21(28-22)26-16-8-10-17(30)11-9-16/h2-7,12-14,16-17,30H,8-11H2,1H3,(H2,26,27,28,29). The molecule has 7 nitrogen and oxygen atoms in total. The molecule has 8 heteroatoms. The molecule has 0 saturated heterocycles. The van der Waals surface area contributed by atoms with Crippen LogP contribution in [0.15, 0.2) is 54.7 Å². The fourth-order valence-electron chi connectivity index (χ4n) is 4.04. The Kier molecular flexibility index (Phi) is 5.87. The van der Waals surface area contributed by atoms with Crippen molar-refractivity contribution < 1.29 is 9.84 Å². The summed E-state index contributed by atoms with van der Waals surface area (Å²) < 4.78 is 6.48. The van der Waals surface area contributed by atoms with Crippen LogP contribution in [0.2, 0.25) is 0 Å². The van der Waals surface area contributed by atoms with Crippen molar-refractivity contribution in [3.05, 3.63) is 54.7 Å². The molecule has 32 heavy (non-hydrogen) atoms. The number of rotatable bonds is 6. The second-order valence-electron chi connectivity index (χ2n) is 7.94. The lowest BCUT2D eigenvalue weighted by Gasteiger charge is -2.26. The van der Waals surface area contributed by atoms with Crippen LogP contribution in [0.1, 0.15) is 25.7 Å². The van der Waals surface area contributed by atoms with Gasteiger partial charge in [-0.3, -0.25) is 0 Å². The molecule has 1 aliphatic carbocycles. The van der Waals surface area contributed by atoms with E-state index in [0.29, 0.717) is 11.9 Å². The lowest BCUT2D eigenvalue weighted by molar-refractivity contribution is 0.126. The number of aromatic nitrogens is 3. The zero-order chi connectivity index (χ0) is 21.9. The third-order valence-corrected chi connectivity index (χ3v) is 6.63. The van der Waals surface area contributed by atoms with Crippen molar-refractivity contribution in [3.63, 3.8) is 0 Å². The first-order valence-electron chi connectivity index (χ1n) is 10.8. The zero-order valence-electron chi connectivity index (χ0n) is 17.8. The molecular formula is C24H25N5O2S. The first-order chi connectivity index (χ1) is 15.7. The fraction of sp³-hybridized carbons (Fsp3) is 0.292. The average Bonchev–Trinajstić information content (AvgIpc) is 3.22. The molecule has 3 aromatic heterocycles. The van der Waals surface area contributed by atoms with E-state index in [1.807, 2.05) is 42.5 Å². The minimum absolute atomic E-state index is 0.159. The Bertz CT molecular complexity index is 1220. The van der Waals surface area contributed by atoms with Crippen molar-refractivity contribution in [2.24, 2.45) is 0 Å². The van der Waals surface area contributed by atoms with Gasteiger partial charge in [-0.15, -0.1) is 0 Å². The van der Waals surface area contributed by atoms with Crippen LogP contribution in [-0.4, -0.2) is 39.3 Å². The van der Waals surface area contributed by atoms with Crippen molar-refractivity contribution >= 4 is 38.3 Å². The minimum atomic E-state index is -0.159. The van der Waals surface area contributed by atoms with E-state index in [2.05, 4.69) is 21.7 Å². The monoisotopic (exact) mass is 447 g/mol. The van der Waals surface area contributed by atoms with Gasteiger partial charge in [-0.05, 0) is 67.6 Å².